The third kappa shape index (κ3) is 3.31. The largest absolute Gasteiger partial charge is 0.464 e. The van der Waals surface area contributed by atoms with Crippen LogP contribution >= 0.6 is 11.3 Å². The predicted octanol–water partition coefficient (Wildman–Crippen LogP) is 4.18. The van der Waals surface area contributed by atoms with Crippen LogP contribution in [0.1, 0.15) is 45.0 Å². The maximum atomic E-state index is 12.4. The molecule has 0 saturated carbocycles. The molecule has 2 rings (SSSR count). The number of hydrogen-bond acceptors (Lipinski definition) is 3. The van der Waals surface area contributed by atoms with Crippen LogP contribution in [0.25, 0.3) is 0 Å². The highest BCUT2D eigenvalue weighted by atomic mass is 32.1. The Hall–Kier alpha value is -1.55. The molecule has 4 heteroatoms. The molecule has 0 atom stereocenters. The average Bonchev–Trinajstić information content (AvgIpc) is 2.96. The molecule has 0 aromatic carbocycles. The minimum atomic E-state index is 0.0644. The molecule has 0 aliphatic carbocycles. The Labute approximate surface area is 124 Å². The van der Waals surface area contributed by atoms with Crippen molar-refractivity contribution in [2.45, 2.75) is 40.2 Å². The molecule has 108 valence electrons. The zero-order valence-corrected chi connectivity index (χ0v) is 13.3. The quantitative estimate of drug-likeness (QED) is 0.828. The Bertz CT molecular complexity index is 597. The number of amides is 1. The van der Waals surface area contributed by atoms with Crippen molar-refractivity contribution in [3.05, 3.63) is 45.0 Å². The van der Waals surface area contributed by atoms with Crippen molar-refractivity contribution in [3.63, 3.8) is 0 Å². The second-order valence-electron chi connectivity index (χ2n) is 5.12. The monoisotopic (exact) mass is 291 g/mol. The fraction of sp³-hybridized carbons (Fsp3) is 0.438. The Morgan fingerprint density at radius 2 is 2.10 bits per heavy atom. The van der Waals surface area contributed by atoms with Crippen molar-refractivity contribution in [2.24, 2.45) is 0 Å². The van der Waals surface area contributed by atoms with Crippen molar-refractivity contribution < 1.29 is 9.21 Å². The molecule has 0 fully saturated rings. The highest BCUT2D eigenvalue weighted by Gasteiger charge is 2.17. The third-order valence-corrected chi connectivity index (χ3v) is 4.37. The molecule has 1 amide bonds. The van der Waals surface area contributed by atoms with E-state index in [1.54, 1.807) is 16.2 Å². The summed E-state index contributed by atoms with van der Waals surface area (Å²) < 4.78 is 5.52. The number of rotatable bonds is 5. The molecule has 2 aromatic rings. The first-order valence-electron chi connectivity index (χ1n) is 6.91. The fourth-order valence-corrected chi connectivity index (χ4v) is 3.27. The van der Waals surface area contributed by atoms with E-state index in [2.05, 4.69) is 13.8 Å². The van der Waals surface area contributed by atoms with Crippen LogP contribution in [0.15, 0.2) is 22.6 Å². The van der Waals surface area contributed by atoms with Gasteiger partial charge in [0.1, 0.15) is 11.5 Å². The highest BCUT2D eigenvalue weighted by Crippen LogP contribution is 2.24. The van der Waals surface area contributed by atoms with E-state index >= 15 is 0 Å². The molecule has 2 aromatic heterocycles. The Morgan fingerprint density at radius 1 is 1.35 bits per heavy atom. The first-order valence-corrected chi connectivity index (χ1v) is 7.73. The van der Waals surface area contributed by atoms with Crippen LogP contribution in [0.4, 0.5) is 0 Å². The zero-order chi connectivity index (χ0) is 14.7. The first kappa shape index (κ1) is 14.9. The summed E-state index contributed by atoms with van der Waals surface area (Å²) in [4.78, 5) is 16.2. The van der Waals surface area contributed by atoms with E-state index < -0.39 is 0 Å². The summed E-state index contributed by atoms with van der Waals surface area (Å²) in [6.07, 6.45) is 2.14. The van der Waals surface area contributed by atoms with Gasteiger partial charge in [-0.2, -0.15) is 0 Å². The maximum Gasteiger partial charge on any atom is 0.264 e. The van der Waals surface area contributed by atoms with Gasteiger partial charge in [-0.25, -0.2) is 0 Å². The number of carbonyl (C=O) groups excluding carboxylic acids is 1. The summed E-state index contributed by atoms with van der Waals surface area (Å²) in [5.74, 6) is 1.76. The highest BCUT2D eigenvalue weighted by molar-refractivity contribution is 7.14. The third-order valence-electron chi connectivity index (χ3n) is 3.29. The summed E-state index contributed by atoms with van der Waals surface area (Å²) in [5, 5.41) is 0. The van der Waals surface area contributed by atoms with E-state index in [0.717, 1.165) is 29.2 Å². The molecular formula is C16H21NO2S. The summed E-state index contributed by atoms with van der Waals surface area (Å²) in [6, 6.07) is 5.87. The van der Waals surface area contributed by atoms with Gasteiger partial charge in [0.25, 0.3) is 5.91 Å². The summed E-state index contributed by atoms with van der Waals surface area (Å²) in [6.45, 7) is 6.66. The Kier molecular flexibility index (Phi) is 4.65. The van der Waals surface area contributed by atoms with Gasteiger partial charge in [-0.1, -0.05) is 13.3 Å². The SMILES string of the molecule is CCCc1cc(C(=O)N(C)Cc2ccc(C)o2)sc1C. The van der Waals surface area contributed by atoms with E-state index in [4.69, 9.17) is 4.42 Å². The molecule has 2 heterocycles. The molecule has 0 bridgehead atoms. The second kappa shape index (κ2) is 6.27. The minimum absolute atomic E-state index is 0.0644. The van der Waals surface area contributed by atoms with Crippen LogP contribution in [0.2, 0.25) is 0 Å². The molecule has 0 aliphatic heterocycles. The molecule has 0 N–H and O–H groups in total. The van der Waals surface area contributed by atoms with Crippen LogP contribution in [0, 0.1) is 13.8 Å². The zero-order valence-electron chi connectivity index (χ0n) is 12.5. The average molecular weight is 291 g/mol. The van der Waals surface area contributed by atoms with Crippen molar-refractivity contribution in [1.82, 2.24) is 4.90 Å². The van der Waals surface area contributed by atoms with E-state index in [9.17, 15) is 4.79 Å². The smallest absolute Gasteiger partial charge is 0.264 e. The Morgan fingerprint density at radius 3 is 2.70 bits per heavy atom. The van der Waals surface area contributed by atoms with Gasteiger partial charge in [-0.15, -0.1) is 11.3 Å². The predicted molar refractivity (Wildman–Crippen MR) is 82.3 cm³/mol. The second-order valence-corrected chi connectivity index (χ2v) is 6.37. The molecule has 0 aliphatic rings. The number of hydrogen-bond donors (Lipinski definition) is 0. The van der Waals surface area contributed by atoms with Crippen LogP contribution in [0.5, 0.6) is 0 Å². The van der Waals surface area contributed by atoms with Crippen molar-refractivity contribution in [3.8, 4) is 0 Å². The van der Waals surface area contributed by atoms with Gasteiger partial charge in [0, 0.05) is 11.9 Å². The van der Waals surface area contributed by atoms with E-state index in [0.29, 0.717) is 6.54 Å². The van der Waals surface area contributed by atoms with Crippen molar-refractivity contribution in [1.29, 1.82) is 0 Å². The summed E-state index contributed by atoms with van der Waals surface area (Å²) >= 11 is 1.58. The molecule has 0 unspecified atom stereocenters. The lowest BCUT2D eigenvalue weighted by atomic mass is 10.1. The van der Waals surface area contributed by atoms with Crippen LogP contribution in [-0.2, 0) is 13.0 Å². The number of nitrogens with zero attached hydrogens (tertiary/aromatic N) is 1. The number of aryl methyl sites for hydroxylation is 3. The van der Waals surface area contributed by atoms with Gasteiger partial charge >= 0.3 is 0 Å². The molecule has 3 nitrogen and oxygen atoms in total. The number of furan rings is 1. The van der Waals surface area contributed by atoms with Crippen LogP contribution in [-0.4, -0.2) is 17.9 Å². The summed E-state index contributed by atoms with van der Waals surface area (Å²) in [5.41, 5.74) is 1.29. The topological polar surface area (TPSA) is 33.5 Å². The molecule has 0 radical (unpaired) electrons. The lowest BCUT2D eigenvalue weighted by Crippen LogP contribution is -2.25. The van der Waals surface area contributed by atoms with Crippen molar-refractivity contribution >= 4 is 17.2 Å². The van der Waals surface area contributed by atoms with Crippen LogP contribution in [0.3, 0.4) is 0 Å². The Balaban J connectivity index is 2.08. The van der Waals surface area contributed by atoms with Gasteiger partial charge in [-0.05, 0) is 44.0 Å². The fourth-order valence-electron chi connectivity index (χ4n) is 2.21. The van der Waals surface area contributed by atoms with Crippen LogP contribution < -0.4 is 0 Å². The number of carbonyl (C=O) groups is 1. The van der Waals surface area contributed by atoms with E-state index in [-0.39, 0.29) is 5.91 Å². The standard InChI is InChI=1S/C16H21NO2S/c1-5-6-13-9-15(20-12(13)3)16(18)17(4)10-14-8-7-11(2)19-14/h7-9H,5-6,10H2,1-4H3. The van der Waals surface area contributed by atoms with Gasteiger partial charge in [0.2, 0.25) is 0 Å². The normalized spacial score (nSPS) is 10.8. The van der Waals surface area contributed by atoms with E-state index in [1.807, 2.05) is 32.2 Å². The summed E-state index contributed by atoms with van der Waals surface area (Å²) in [7, 11) is 1.81. The van der Waals surface area contributed by atoms with Crippen molar-refractivity contribution in [2.75, 3.05) is 7.05 Å². The number of thiophene rings is 1. The van der Waals surface area contributed by atoms with Gasteiger partial charge in [0.05, 0.1) is 11.4 Å². The molecule has 20 heavy (non-hydrogen) atoms. The first-order chi connectivity index (χ1) is 9.51. The maximum absolute atomic E-state index is 12.4. The van der Waals surface area contributed by atoms with E-state index in [1.165, 1.54) is 10.4 Å². The molecule has 0 saturated heterocycles. The lowest BCUT2D eigenvalue weighted by Gasteiger charge is -2.14. The lowest BCUT2D eigenvalue weighted by molar-refractivity contribution is 0.0779. The minimum Gasteiger partial charge on any atom is -0.464 e. The van der Waals surface area contributed by atoms with Gasteiger partial charge in [-0.3, -0.25) is 4.79 Å². The van der Waals surface area contributed by atoms with Gasteiger partial charge in [0.15, 0.2) is 0 Å². The molecular weight excluding hydrogens is 270 g/mol. The van der Waals surface area contributed by atoms with Gasteiger partial charge < -0.3 is 9.32 Å². The molecule has 0 spiro atoms.